The summed E-state index contributed by atoms with van der Waals surface area (Å²) >= 11 is 0. The lowest BCUT2D eigenvalue weighted by atomic mass is 10.0. The molecule has 2 aromatic rings. The molecule has 1 aromatic carbocycles. The van der Waals surface area contributed by atoms with Gasteiger partial charge in [0.15, 0.2) is 0 Å². The van der Waals surface area contributed by atoms with Crippen LogP contribution in [0.25, 0.3) is 0 Å². The number of halogens is 3. The molecule has 0 spiro atoms. The standard InChI is InChI=1S/C17H19F3N4/c1-12-5-4-10-24(11-12)16-21-9-8-15(23-16)22-14-7-3-2-6-13(14)17(18,19)20/h2-3,6-9,12H,4-5,10-11H2,1H3,(H,21,22,23). The number of nitrogens with one attached hydrogen (secondary N) is 1. The van der Waals surface area contributed by atoms with E-state index in [0.29, 0.717) is 17.7 Å². The van der Waals surface area contributed by atoms with Crippen molar-refractivity contribution in [2.75, 3.05) is 23.3 Å². The number of benzene rings is 1. The Labute approximate surface area is 138 Å². The van der Waals surface area contributed by atoms with Gasteiger partial charge in [0.05, 0.1) is 11.3 Å². The molecule has 1 fully saturated rings. The highest BCUT2D eigenvalue weighted by atomic mass is 19.4. The predicted molar refractivity (Wildman–Crippen MR) is 87.4 cm³/mol. The van der Waals surface area contributed by atoms with E-state index in [1.54, 1.807) is 18.3 Å². The van der Waals surface area contributed by atoms with Crippen LogP contribution in [0.5, 0.6) is 0 Å². The predicted octanol–water partition coefficient (Wildman–Crippen LogP) is 4.48. The molecular formula is C17H19F3N4. The summed E-state index contributed by atoms with van der Waals surface area (Å²) in [5, 5.41) is 2.77. The van der Waals surface area contributed by atoms with Crippen LogP contribution in [0.2, 0.25) is 0 Å². The number of nitrogens with zero attached hydrogens (tertiary/aromatic N) is 3. The molecular weight excluding hydrogens is 317 g/mol. The van der Waals surface area contributed by atoms with Gasteiger partial charge in [0.25, 0.3) is 0 Å². The van der Waals surface area contributed by atoms with E-state index in [1.165, 1.54) is 18.6 Å². The Kier molecular flexibility index (Phi) is 4.59. The van der Waals surface area contributed by atoms with Gasteiger partial charge in [-0.3, -0.25) is 0 Å². The fourth-order valence-electron chi connectivity index (χ4n) is 2.92. The highest BCUT2D eigenvalue weighted by molar-refractivity contribution is 5.62. The van der Waals surface area contributed by atoms with Crippen molar-refractivity contribution < 1.29 is 13.2 Å². The molecule has 1 N–H and O–H groups in total. The fraction of sp³-hybridized carbons (Fsp3) is 0.412. The zero-order valence-corrected chi connectivity index (χ0v) is 13.3. The van der Waals surface area contributed by atoms with E-state index in [4.69, 9.17) is 0 Å². The first kappa shape index (κ1) is 16.5. The van der Waals surface area contributed by atoms with Crippen LogP contribution in [0.4, 0.5) is 30.6 Å². The highest BCUT2D eigenvalue weighted by Gasteiger charge is 2.33. The molecule has 0 saturated carbocycles. The van der Waals surface area contributed by atoms with Gasteiger partial charge >= 0.3 is 6.18 Å². The third kappa shape index (κ3) is 3.77. The lowest BCUT2D eigenvalue weighted by Gasteiger charge is -2.31. The summed E-state index contributed by atoms with van der Waals surface area (Å²) in [6, 6.07) is 6.95. The van der Waals surface area contributed by atoms with Crippen molar-refractivity contribution in [2.45, 2.75) is 25.9 Å². The smallest absolute Gasteiger partial charge is 0.341 e. The maximum atomic E-state index is 13.1. The summed E-state index contributed by atoms with van der Waals surface area (Å²) in [6.45, 7) is 3.91. The number of alkyl halides is 3. The van der Waals surface area contributed by atoms with Crippen LogP contribution in [0.15, 0.2) is 36.5 Å². The SMILES string of the molecule is CC1CCCN(c2nccc(Nc3ccccc3C(F)(F)F)n2)C1. The van der Waals surface area contributed by atoms with Crippen molar-refractivity contribution in [2.24, 2.45) is 5.92 Å². The largest absolute Gasteiger partial charge is 0.418 e. The molecule has 2 heterocycles. The van der Waals surface area contributed by atoms with Gasteiger partial charge in [-0.05, 0) is 37.0 Å². The zero-order chi connectivity index (χ0) is 17.2. The molecule has 1 atom stereocenters. The summed E-state index contributed by atoms with van der Waals surface area (Å²) in [6.07, 6.45) is -0.603. The molecule has 7 heteroatoms. The molecule has 1 saturated heterocycles. The van der Waals surface area contributed by atoms with E-state index in [-0.39, 0.29) is 5.69 Å². The third-order valence-corrected chi connectivity index (χ3v) is 4.08. The summed E-state index contributed by atoms with van der Waals surface area (Å²) in [7, 11) is 0. The molecule has 128 valence electrons. The number of piperidine rings is 1. The summed E-state index contributed by atoms with van der Waals surface area (Å²) < 4.78 is 39.2. The first-order chi connectivity index (χ1) is 11.4. The van der Waals surface area contributed by atoms with E-state index in [9.17, 15) is 13.2 Å². The van der Waals surface area contributed by atoms with Crippen molar-refractivity contribution >= 4 is 17.5 Å². The second kappa shape index (κ2) is 6.67. The lowest BCUT2D eigenvalue weighted by molar-refractivity contribution is -0.136. The van der Waals surface area contributed by atoms with Crippen LogP contribution in [-0.2, 0) is 6.18 Å². The van der Waals surface area contributed by atoms with Gasteiger partial charge in [0, 0.05) is 19.3 Å². The van der Waals surface area contributed by atoms with Crippen molar-refractivity contribution in [3.05, 3.63) is 42.1 Å². The molecule has 0 radical (unpaired) electrons. The summed E-state index contributed by atoms with van der Waals surface area (Å²) in [5.41, 5.74) is -0.724. The van der Waals surface area contributed by atoms with Crippen molar-refractivity contribution in [3.63, 3.8) is 0 Å². The molecule has 0 aliphatic carbocycles. The first-order valence-corrected chi connectivity index (χ1v) is 7.95. The van der Waals surface area contributed by atoms with Crippen LogP contribution >= 0.6 is 0 Å². The molecule has 1 aliphatic rings. The van der Waals surface area contributed by atoms with Gasteiger partial charge < -0.3 is 10.2 Å². The maximum absolute atomic E-state index is 13.1. The van der Waals surface area contributed by atoms with Gasteiger partial charge in [0.2, 0.25) is 5.95 Å². The number of para-hydroxylation sites is 1. The topological polar surface area (TPSA) is 41.1 Å². The van der Waals surface area contributed by atoms with Crippen molar-refractivity contribution in [1.82, 2.24) is 9.97 Å². The lowest BCUT2D eigenvalue weighted by Crippen LogP contribution is -2.35. The summed E-state index contributed by atoms with van der Waals surface area (Å²) in [5.74, 6) is 1.47. The van der Waals surface area contributed by atoms with Crippen LogP contribution in [0.1, 0.15) is 25.3 Å². The van der Waals surface area contributed by atoms with E-state index >= 15 is 0 Å². The molecule has 4 nitrogen and oxygen atoms in total. The third-order valence-electron chi connectivity index (χ3n) is 4.08. The minimum absolute atomic E-state index is 0.0123. The number of aromatic nitrogens is 2. The summed E-state index contributed by atoms with van der Waals surface area (Å²) in [4.78, 5) is 10.7. The Hall–Kier alpha value is -2.31. The van der Waals surface area contributed by atoms with Crippen molar-refractivity contribution in [1.29, 1.82) is 0 Å². The van der Waals surface area contributed by atoms with Gasteiger partial charge in [-0.2, -0.15) is 18.2 Å². The molecule has 0 amide bonds. The van der Waals surface area contributed by atoms with E-state index in [2.05, 4.69) is 27.1 Å². The molecule has 1 aromatic heterocycles. The van der Waals surface area contributed by atoms with Crippen LogP contribution in [-0.4, -0.2) is 23.1 Å². The average molecular weight is 336 g/mol. The zero-order valence-electron chi connectivity index (χ0n) is 13.3. The van der Waals surface area contributed by atoms with Gasteiger partial charge in [-0.1, -0.05) is 19.1 Å². The Bertz CT molecular complexity index is 702. The van der Waals surface area contributed by atoms with Crippen LogP contribution in [0.3, 0.4) is 0 Å². The van der Waals surface area contributed by atoms with E-state index in [0.717, 1.165) is 25.6 Å². The fourth-order valence-corrected chi connectivity index (χ4v) is 2.92. The maximum Gasteiger partial charge on any atom is 0.418 e. The Balaban J connectivity index is 1.83. The normalized spacial score (nSPS) is 18.5. The van der Waals surface area contributed by atoms with Crippen LogP contribution in [0, 0.1) is 5.92 Å². The van der Waals surface area contributed by atoms with Crippen molar-refractivity contribution in [3.8, 4) is 0 Å². The number of hydrogen-bond acceptors (Lipinski definition) is 4. The van der Waals surface area contributed by atoms with E-state index in [1.807, 2.05) is 0 Å². The second-order valence-electron chi connectivity index (χ2n) is 6.10. The van der Waals surface area contributed by atoms with Gasteiger partial charge in [-0.15, -0.1) is 0 Å². The molecule has 3 rings (SSSR count). The average Bonchev–Trinajstić information content (AvgIpc) is 2.55. The number of anilines is 3. The Morgan fingerprint density at radius 3 is 2.75 bits per heavy atom. The Morgan fingerprint density at radius 1 is 1.21 bits per heavy atom. The molecule has 0 bridgehead atoms. The monoisotopic (exact) mass is 336 g/mol. The Morgan fingerprint density at radius 2 is 2.00 bits per heavy atom. The minimum Gasteiger partial charge on any atom is -0.341 e. The second-order valence-corrected chi connectivity index (χ2v) is 6.10. The first-order valence-electron chi connectivity index (χ1n) is 7.95. The number of hydrogen-bond donors (Lipinski definition) is 1. The molecule has 24 heavy (non-hydrogen) atoms. The number of rotatable bonds is 3. The minimum atomic E-state index is -4.41. The molecule has 1 aliphatic heterocycles. The quantitative estimate of drug-likeness (QED) is 0.897. The van der Waals surface area contributed by atoms with Gasteiger partial charge in [0.1, 0.15) is 5.82 Å². The van der Waals surface area contributed by atoms with Gasteiger partial charge in [-0.25, -0.2) is 4.98 Å². The highest BCUT2D eigenvalue weighted by Crippen LogP contribution is 2.35. The molecule has 1 unspecified atom stereocenters. The van der Waals surface area contributed by atoms with Crippen LogP contribution < -0.4 is 10.2 Å². The van der Waals surface area contributed by atoms with E-state index < -0.39 is 11.7 Å².